The van der Waals surface area contributed by atoms with Gasteiger partial charge < -0.3 is 18.8 Å². The van der Waals surface area contributed by atoms with Crippen LogP contribution >= 0.6 is 0 Å². The first-order chi connectivity index (χ1) is 13.5. The van der Waals surface area contributed by atoms with E-state index in [4.69, 9.17) is 4.74 Å². The molecule has 0 aliphatic heterocycles. The second-order valence-electron chi connectivity index (χ2n) is 6.52. The van der Waals surface area contributed by atoms with Gasteiger partial charge in [-0.3, -0.25) is 9.59 Å². The Labute approximate surface area is 163 Å². The molecule has 3 aromatic rings. The zero-order valence-electron chi connectivity index (χ0n) is 16.2. The van der Waals surface area contributed by atoms with Crippen LogP contribution in [0.3, 0.4) is 0 Å². The summed E-state index contributed by atoms with van der Waals surface area (Å²) in [4.78, 5) is 29.7. The van der Waals surface area contributed by atoms with E-state index in [0.29, 0.717) is 24.5 Å². The van der Waals surface area contributed by atoms with E-state index in [1.54, 1.807) is 31.3 Å². The number of ether oxygens (including phenoxy) is 2. The largest absolute Gasteiger partial charge is 0.487 e. The first-order valence-corrected chi connectivity index (χ1v) is 8.96. The highest BCUT2D eigenvalue weighted by Crippen LogP contribution is 2.16. The van der Waals surface area contributed by atoms with Crippen LogP contribution in [0.5, 0.6) is 5.75 Å². The van der Waals surface area contributed by atoms with Crippen LogP contribution in [0.1, 0.15) is 28.0 Å². The summed E-state index contributed by atoms with van der Waals surface area (Å²) in [6.07, 6.45) is 4.06. The lowest BCUT2D eigenvalue weighted by molar-refractivity contribution is -0.140. The highest BCUT2D eigenvalue weighted by molar-refractivity contribution is 5.94. The molecule has 0 saturated carbocycles. The van der Waals surface area contributed by atoms with Gasteiger partial charge in [-0.15, -0.1) is 0 Å². The van der Waals surface area contributed by atoms with Gasteiger partial charge in [-0.25, -0.2) is 4.98 Å². The van der Waals surface area contributed by atoms with Crippen molar-refractivity contribution in [2.75, 3.05) is 20.7 Å². The number of aryl methyl sites for hydroxylation is 1. The molecule has 7 heteroatoms. The van der Waals surface area contributed by atoms with Crippen molar-refractivity contribution in [1.82, 2.24) is 14.3 Å². The van der Waals surface area contributed by atoms with Crippen LogP contribution in [-0.2, 0) is 16.1 Å². The molecule has 2 heterocycles. The fourth-order valence-electron chi connectivity index (χ4n) is 2.81. The lowest BCUT2D eigenvalue weighted by Gasteiger charge is -2.16. The molecule has 1 aromatic carbocycles. The van der Waals surface area contributed by atoms with Crippen LogP contribution in [0.2, 0.25) is 0 Å². The number of esters is 1. The second-order valence-corrected chi connectivity index (χ2v) is 6.52. The average Bonchev–Trinajstić information content (AvgIpc) is 3.14. The van der Waals surface area contributed by atoms with E-state index in [-0.39, 0.29) is 18.3 Å². The molecule has 146 valence electrons. The van der Waals surface area contributed by atoms with Gasteiger partial charge in [-0.1, -0.05) is 6.07 Å². The molecule has 0 aliphatic rings. The van der Waals surface area contributed by atoms with E-state index in [9.17, 15) is 9.59 Å². The van der Waals surface area contributed by atoms with E-state index in [1.165, 1.54) is 12.0 Å². The van der Waals surface area contributed by atoms with Gasteiger partial charge in [0.1, 0.15) is 18.0 Å². The van der Waals surface area contributed by atoms with Crippen LogP contribution in [0, 0.1) is 6.92 Å². The predicted octanol–water partition coefficient (Wildman–Crippen LogP) is 2.86. The number of hydrogen-bond donors (Lipinski definition) is 0. The molecule has 28 heavy (non-hydrogen) atoms. The van der Waals surface area contributed by atoms with Crippen LogP contribution in [0.4, 0.5) is 0 Å². The van der Waals surface area contributed by atoms with Crippen LogP contribution in [-0.4, -0.2) is 46.9 Å². The molecule has 3 rings (SSSR count). The van der Waals surface area contributed by atoms with Gasteiger partial charge in [0.2, 0.25) is 0 Å². The minimum Gasteiger partial charge on any atom is -0.487 e. The Balaban J connectivity index is 1.58. The molecular weight excluding hydrogens is 358 g/mol. The van der Waals surface area contributed by atoms with Gasteiger partial charge in [0, 0.05) is 31.5 Å². The van der Waals surface area contributed by atoms with Crippen molar-refractivity contribution in [1.29, 1.82) is 0 Å². The summed E-state index contributed by atoms with van der Waals surface area (Å²) in [6, 6.07) is 10.9. The van der Waals surface area contributed by atoms with Gasteiger partial charge >= 0.3 is 5.97 Å². The maximum absolute atomic E-state index is 12.4. The second kappa shape index (κ2) is 8.56. The standard InChI is InChI=1S/C21H23N3O4/c1-15-5-4-11-24-13-17(22-20(15)24)14-28-18-8-6-16(7-9-18)21(26)23(2)12-10-19(25)27-3/h4-9,11,13H,10,12,14H2,1-3H3. The Bertz CT molecular complexity index is 979. The third-order valence-electron chi connectivity index (χ3n) is 4.44. The number of imidazole rings is 1. The van der Waals surface area contributed by atoms with Crippen molar-refractivity contribution in [3.63, 3.8) is 0 Å². The Kier molecular flexibility index (Phi) is 5.93. The maximum atomic E-state index is 12.4. The van der Waals surface area contributed by atoms with E-state index < -0.39 is 0 Å². The number of carbonyl (C=O) groups excluding carboxylic acids is 2. The van der Waals surface area contributed by atoms with Gasteiger partial charge in [0.25, 0.3) is 5.91 Å². The van der Waals surface area contributed by atoms with E-state index in [0.717, 1.165) is 16.9 Å². The average molecular weight is 381 g/mol. The van der Waals surface area contributed by atoms with E-state index in [2.05, 4.69) is 9.72 Å². The summed E-state index contributed by atoms with van der Waals surface area (Å²) in [5, 5.41) is 0. The van der Waals surface area contributed by atoms with Gasteiger partial charge in [-0.2, -0.15) is 0 Å². The molecule has 1 amide bonds. The normalized spacial score (nSPS) is 10.7. The third kappa shape index (κ3) is 4.49. The topological polar surface area (TPSA) is 73.1 Å². The first-order valence-electron chi connectivity index (χ1n) is 8.96. The summed E-state index contributed by atoms with van der Waals surface area (Å²) < 4.78 is 12.4. The molecule has 0 unspecified atom stereocenters. The summed E-state index contributed by atoms with van der Waals surface area (Å²) in [6.45, 7) is 2.66. The zero-order chi connectivity index (χ0) is 20.1. The SMILES string of the molecule is COC(=O)CCN(C)C(=O)c1ccc(OCc2cn3cccc(C)c3n2)cc1. The minimum absolute atomic E-state index is 0.161. The molecule has 0 spiro atoms. The molecular formula is C21H23N3O4. The third-order valence-corrected chi connectivity index (χ3v) is 4.44. The first kappa shape index (κ1) is 19.4. The van der Waals surface area contributed by atoms with Gasteiger partial charge in [-0.05, 0) is 42.8 Å². The number of fused-ring (bicyclic) bond motifs is 1. The Hall–Kier alpha value is -3.35. The fraction of sp³-hybridized carbons (Fsp3) is 0.286. The number of methoxy groups -OCH3 is 1. The smallest absolute Gasteiger partial charge is 0.307 e. The summed E-state index contributed by atoms with van der Waals surface area (Å²) in [5.74, 6) is 0.152. The van der Waals surface area contributed by atoms with Crippen molar-refractivity contribution < 1.29 is 19.1 Å². The molecule has 0 saturated heterocycles. The molecule has 2 aromatic heterocycles. The number of rotatable bonds is 7. The minimum atomic E-state index is -0.342. The fourth-order valence-corrected chi connectivity index (χ4v) is 2.81. The summed E-state index contributed by atoms with van der Waals surface area (Å²) in [7, 11) is 2.98. The molecule has 0 bridgehead atoms. The number of hydrogen-bond acceptors (Lipinski definition) is 5. The summed E-state index contributed by atoms with van der Waals surface area (Å²) in [5.41, 5.74) is 3.38. The van der Waals surface area contributed by atoms with Gasteiger partial charge in [0.15, 0.2) is 0 Å². The number of aromatic nitrogens is 2. The van der Waals surface area contributed by atoms with Crippen molar-refractivity contribution >= 4 is 17.5 Å². The van der Waals surface area contributed by atoms with Crippen LogP contribution < -0.4 is 4.74 Å². The number of amides is 1. The van der Waals surface area contributed by atoms with Crippen molar-refractivity contribution in [3.8, 4) is 5.75 Å². The maximum Gasteiger partial charge on any atom is 0.307 e. The molecule has 0 N–H and O–H groups in total. The molecule has 0 fully saturated rings. The Morgan fingerprint density at radius 3 is 2.61 bits per heavy atom. The lowest BCUT2D eigenvalue weighted by atomic mass is 10.2. The van der Waals surface area contributed by atoms with Crippen LogP contribution in [0.25, 0.3) is 5.65 Å². The number of pyridine rings is 1. The van der Waals surface area contributed by atoms with E-state index >= 15 is 0 Å². The molecule has 0 aliphatic carbocycles. The number of nitrogens with zero attached hydrogens (tertiary/aromatic N) is 3. The predicted molar refractivity (Wildman–Crippen MR) is 104 cm³/mol. The molecule has 7 nitrogen and oxygen atoms in total. The number of benzene rings is 1. The molecule has 0 radical (unpaired) electrons. The molecule has 0 atom stereocenters. The summed E-state index contributed by atoms with van der Waals surface area (Å²) >= 11 is 0. The Morgan fingerprint density at radius 1 is 1.18 bits per heavy atom. The van der Waals surface area contributed by atoms with E-state index in [1.807, 2.05) is 35.9 Å². The highest BCUT2D eigenvalue weighted by Gasteiger charge is 2.13. The zero-order valence-corrected chi connectivity index (χ0v) is 16.2. The lowest BCUT2D eigenvalue weighted by Crippen LogP contribution is -2.29. The number of carbonyl (C=O) groups is 2. The Morgan fingerprint density at radius 2 is 1.93 bits per heavy atom. The monoisotopic (exact) mass is 381 g/mol. The van der Waals surface area contributed by atoms with Crippen molar-refractivity contribution in [2.45, 2.75) is 20.0 Å². The quantitative estimate of drug-likeness (QED) is 0.589. The highest BCUT2D eigenvalue weighted by atomic mass is 16.5. The van der Waals surface area contributed by atoms with Gasteiger partial charge in [0.05, 0.1) is 19.2 Å². The van der Waals surface area contributed by atoms with Crippen LogP contribution in [0.15, 0.2) is 48.8 Å². The van der Waals surface area contributed by atoms with Crippen molar-refractivity contribution in [2.24, 2.45) is 0 Å². The van der Waals surface area contributed by atoms with Crippen molar-refractivity contribution in [3.05, 3.63) is 65.6 Å².